The number of nitrogens with zero attached hydrogens (tertiary/aromatic N) is 2. The second-order valence-electron chi connectivity index (χ2n) is 14.5. The number of para-hydroxylation sites is 3. The molecular formula is C49H34N2. The van der Waals surface area contributed by atoms with E-state index in [0.717, 1.165) is 0 Å². The molecule has 2 nitrogen and oxygen atoms in total. The fraction of sp³-hybridized carbons (Fsp3) is 0.0612. The Morgan fingerprint density at radius 1 is 0.373 bits per heavy atom. The van der Waals surface area contributed by atoms with Gasteiger partial charge in [-0.1, -0.05) is 129 Å². The summed E-state index contributed by atoms with van der Waals surface area (Å²) >= 11 is 0. The first-order valence-electron chi connectivity index (χ1n) is 17.9. The van der Waals surface area contributed by atoms with E-state index in [1.807, 2.05) is 0 Å². The normalized spacial score (nSPS) is 13.5. The van der Waals surface area contributed by atoms with Crippen molar-refractivity contribution in [1.29, 1.82) is 0 Å². The number of benzene rings is 8. The molecule has 2 heteroatoms. The molecule has 0 saturated carbocycles. The van der Waals surface area contributed by atoms with Crippen LogP contribution in [-0.2, 0) is 5.41 Å². The highest BCUT2D eigenvalue weighted by Crippen LogP contribution is 2.54. The van der Waals surface area contributed by atoms with Crippen molar-refractivity contribution >= 4 is 54.4 Å². The molecular weight excluding hydrogens is 617 g/mol. The molecule has 1 aliphatic carbocycles. The zero-order valence-corrected chi connectivity index (χ0v) is 28.6. The minimum atomic E-state index is -0.0983. The fourth-order valence-electron chi connectivity index (χ4n) is 9.14. The van der Waals surface area contributed by atoms with Crippen LogP contribution >= 0.6 is 0 Å². The van der Waals surface area contributed by atoms with Crippen LogP contribution in [0.2, 0.25) is 0 Å². The van der Waals surface area contributed by atoms with Crippen molar-refractivity contribution in [1.82, 2.24) is 9.13 Å². The van der Waals surface area contributed by atoms with Gasteiger partial charge in [-0.3, -0.25) is 0 Å². The van der Waals surface area contributed by atoms with Crippen molar-refractivity contribution in [3.05, 3.63) is 181 Å². The van der Waals surface area contributed by atoms with Gasteiger partial charge in [-0.05, 0) is 93.2 Å². The lowest BCUT2D eigenvalue weighted by Crippen LogP contribution is -2.15. The molecule has 2 heterocycles. The molecule has 0 radical (unpaired) electrons. The molecule has 0 aliphatic heterocycles. The van der Waals surface area contributed by atoms with Crippen LogP contribution in [0, 0.1) is 0 Å². The molecule has 0 spiro atoms. The second kappa shape index (κ2) is 10.3. The first-order chi connectivity index (χ1) is 25.1. The van der Waals surface area contributed by atoms with E-state index in [0.29, 0.717) is 0 Å². The average molecular weight is 651 g/mol. The van der Waals surface area contributed by atoms with Crippen LogP contribution < -0.4 is 0 Å². The quantitative estimate of drug-likeness (QED) is 0.180. The van der Waals surface area contributed by atoms with Gasteiger partial charge < -0.3 is 9.13 Å². The maximum absolute atomic E-state index is 2.51. The van der Waals surface area contributed by atoms with E-state index in [-0.39, 0.29) is 5.41 Å². The molecule has 0 atom stereocenters. The largest absolute Gasteiger partial charge is 0.309 e. The lowest BCUT2D eigenvalue weighted by atomic mass is 9.82. The van der Waals surface area contributed by atoms with Crippen molar-refractivity contribution in [3.8, 4) is 33.6 Å². The molecule has 0 saturated heterocycles. The van der Waals surface area contributed by atoms with Crippen LogP contribution in [0.3, 0.4) is 0 Å². The summed E-state index contributed by atoms with van der Waals surface area (Å²) in [5, 5.41) is 7.67. The van der Waals surface area contributed by atoms with Crippen molar-refractivity contribution in [2.24, 2.45) is 0 Å². The van der Waals surface area contributed by atoms with E-state index in [4.69, 9.17) is 0 Å². The summed E-state index contributed by atoms with van der Waals surface area (Å²) in [6.07, 6.45) is 0. The molecule has 11 rings (SSSR count). The number of hydrogen-bond acceptors (Lipinski definition) is 0. The molecule has 1 aliphatic rings. The third-order valence-corrected chi connectivity index (χ3v) is 11.5. The Morgan fingerprint density at radius 2 is 0.922 bits per heavy atom. The SMILES string of the molecule is CC1(C)c2cccc(-n3c4ccccc4c4cc(-c5ccc6c(c5)c5ccccc5n6-c5ccccc5)ccc43)c2-c2c1ccc1ccccc21. The number of hydrogen-bond donors (Lipinski definition) is 0. The molecule has 0 unspecified atom stereocenters. The van der Waals surface area contributed by atoms with Crippen molar-refractivity contribution in [2.45, 2.75) is 19.3 Å². The molecule has 2 aromatic heterocycles. The highest BCUT2D eigenvalue weighted by atomic mass is 15.0. The fourth-order valence-corrected chi connectivity index (χ4v) is 9.14. The smallest absolute Gasteiger partial charge is 0.0543 e. The van der Waals surface area contributed by atoms with E-state index in [9.17, 15) is 0 Å². The summed E-state index contributed by atoms with van der Waals surface area (Å²) in [6.45, 7) is 4.75. The molecule has 0 N–H and O–H groups in total. The average Bonchev–Trinajstić information content (AvgIpc) is 3.78. The van der Waals surface area contributed by atoms with E-state index in [1.54, 1.807) is 0 Å². The number of rotatable bonds is 3. The van der Waals surface area contributed by atoms with Gasteiger partial charge in [0.05, 0.1) is 27.8 Å². The third kappa shape index (κ3) is 3.88. The summed E-state index contributed by atoms with van der Waals surface area (Å²) in [5.74, 6) is 0. The van der Waals surface area contributed by atoms with Gasteiger partial charge >= 0.3 is 0 Å². The Hall–Kier alpha value is -6.38. The van der Waals surface area contributed by atoms with E-state index in [2.05, 4.69) is 193 Å². The van der Waals surface area contributed by atoms with Gasteiger partial charge in [0.25, 0.3) is 0 Å². The van der Waals surface area contributed by atoms with E-state index in [1.165, 1.54) is 99.1 Å². The van der Waals surface area contributed by atoms with Gasteiger partial charge in [0.1, 0.15) is 0 Å². The zero-order valence-electron chi connectivity index (χ0n) is 28.6. The van der Waals surface area contributed by atoms with Crippen molar-refractivity contribution in [3.63, 3.8) is 0 Å². The zero-order chi connectivity index (χ0) is 33.8. The molecule has 240 valence electrons. The second-order valence-corrected chi connectivity index (χ2v) is 14.5. The predicted octanol–water partition coefficient (Wildman–Crippen LogP) is 13.0. The monoisotopic (exact) mass is 650 g/mol. The van der Waals surface area contributed by atoms with Gasteiger partial charge in [0, 0.05) is 38.2 Å². The standard InChI is InChI=1S/C49H34N2/c1-49(2)40-19-12-22-46(48(40)47-35-16-7-6-13-31(35)23-26-41(47)49)51-43-21-11-9-18-37(43)39-30-33(25-28-45(39)51)32-24-27-44-38(29-32)36-17-8-10-20-42(36)50(44)34-14-4-3-5-15-34/h3-30H,1-2H3. The van der Waals surface area contributed by atoms with Crippen LogP contribution in [-0.4, -0.2) is 9.13 Å². The topological polar surface area (TPSA) is 9.86 Å². The summed E-state index contributed by atoms with van der Waals surface area (Å²) in [6, 6.07) is 62.8. The highest BCUT2D eigenvalue weighted by molar-refractivity contribution is 6.14. The van der Waals surface area contributed by atoms with Crippen molar-refractivity contribution < 1.29 is 0 Å². The van der Waals surface area contributed by atoms with Crippen LogP contribution in [0.5, 0.6) is 0 Å². The van der Waals surface area contributed by atoms with E-state index >= 15 is 0 Å². The Morgan fingerprint density at radius 3 is 1.63 bits per heavy atom. The highest BCUT2D eigenvalue weighted by Gasteiger charge is 2.38. The lowest BCUT2D eigenvalue weighted by molar-refractivity contribution is 0.660. The Balaban J connectivity index is 1.14. The Bertz CT molecular complexity index is 3040. The minimum absolute atomic E-state index is 0.0983. The first-order valence-corrected chi connectivity index (χ1v) is 17.9. The molecule has 0 bridgehead atoms. The predicted molar refractivity (Wildman–Crippen MR) is 216 cm³/mol. The van der Waals surface area contributed by atoms with Crippen LogP contribution in [0.15, 0.2) is 170 Å². The molecule has 51 heavy (non-hydrogen) atoms. The van der Waals surface area contributed by atoms with Crippen LogP contribution in [0.1, 0.15) is 25.0 Å². The van der Waals surface area contributed by atoms with Crippen LogP contribution in [0.25, 0.3) is 88.0 Å². The van der Waals surface area contributed by atoms with Crippen LogP contribution in [0.4, 0.5) is 0 Å². The first kappa shape index (κ1) is 28.5. The Kier molecular flexibility index (Phi) is 5.76. The van der Waals surface area contributed by atoms with Gasteiger partial charge in [0.2, 0.25) is 0 Å². The van der Waals surface area contributed by atoms with Gasteiger partial charge in [-0.25, -0.2) is 0 Å². The van der Waals surface area contributed by atoms with E-state index < -0.39 is 0 Å². The third-order valence-electron chi connectivity index (χ3n) is 11.5. The van der Waals surface area contributed by atoms with Gasteiger partial charge in [0.15, 0.2) is 0 Å². The maximum atomic E-state index is 2.51. The van der Waals surface area contributed by atoms with Gasteiger partial charge in [-0.2, -0.15) is 0 Å². The lowest BCUT2D eigenvalue weighted by Gasteiger charge is -2.22. The molecule has 0 fully saturated rings. The number of fused-ring (bicyclic) bond motifs is 11. The maximum Gasteiger partial charge on any atom is 0.0543 e. The number of aromatic nitrogens is 2. The summed E-state index contributed by atoms with van der Waals surface area (Å²) in [7, 11) is 0. The molecule has 10 aromatic rings. The molecule has 8 aromatic carbocycles. The summed E-state index contributed by atoms with van der Waals surface area (Å²) in [4.78, 5) is 0. The summed E-state index contributed by atoms with van der Waals surface area (Å²) in [5.41, 5.74) is 15.2. The molecule has 0 amide bonds. The minimum Gasteiger partial charge on any atom is -0.309 e. The van der Waals surface area contributed by atoms with Crippen molar-refractivity contribution in [2.75, 3.05) is 0 Å². The summed E-state index contributed by atoms with van der Waals surface area (Å²) < 4.78 is 4.89. The Labute approximate surface area is 296 Å². The van der Waals surface area contributed by atoms with Gasteiger partial charge in [-0.15, -0.1) is 0 Å².